The van der Waals surface area contributed by atoms with Crippen molar-refractivity contribution in [2.75, 3.05) is 12.9 Å². The van der Waals surface area contributed by atoms with Crippen LogP contribution in [0.3, 0.4) is 0 Å². The Hall–Kier alpha value is -1.07. The lowest BCUT2D eigenvalue weighted by molar-refractivity contribution is 0.414. The Morgan fingerprint density at radius 3 is 2.39 bits per heavy atom. The van der Waals surface area contributed by atoms with Crippen molar-refractivity contribution in [2.45, 2.75) is 32.7 Å². The van der Waals surface area contributed by atoms with Crippen LogP contribution in [-0.2, 0) is 10.0 Å². The number of ether oxygens (including phenoxy) is 1. The highest BCUT2D eigenvalue weighted by Crippen LogP contribution is 2.18. The summed E-state index contributed by atoms with van der Waals surface area (Å²) in [5.41, 5.74) is 0.927. The van der Waals surface area contributed by atoms with E-state index in [-0.39, 0.29) is 11.8 Å². The van der Waals surface area contributed by atoms with E-state index in [1.54, 1.807) is 7.11 Å². The van der Waals surface area contributed by atoms with Crippen LogP contribution in [0.25, 0.3) is 0 Å². The minimum atomic E-state index is -3.19. The van der Waals surface area contributed by atoms with Crippen LogP contribution in [0, 0.1) is 0 Å². The van der Waals surface area contributed by atoms with Crippen LogP contribution < -0.4 is 9.46 Å². The predicted molar refractivity (Wildman–Crippen MR) is 73.2 cm³/mol. The van der Waals surface area contributed by atoms with Crippen LogP contribution in [0.15, 0.2) is 24.3 Å². The number of benzene rings is 1. The normalized spacial score (nSPS) is 13.3. The fourth-order valence-corrected chi connectivity index (χ4v) is 3.08. The molecule has 0 saturated heterocycles. The van der Waals surface area contributed by atoms with Gasteiger partial charge in [-0.15, -0.1) is 0 Å². The van der Waals surface area contributed by atoms with Crippen molar-refractivity contribution < 1.29 is 13.2 Å². The van der Waals surface area contributed by atoms with Gasteiger partial charge in [0.15, 0.2) is 0 Å². The van der Waals surface area contributed by atoms with Gasteiger partial charge < -0.3 is 4.74 Å². The van der Waals surface area contributed by atoms with Crippen molar-refractivity contribution in [2.24, 2.45) is 0 Å². The number of methoxy groups -OCH3 is 1. The first-order chi connectivity index (χ1) is 8.48. The molecule has 1 rings (SSSR count). The summed E-state index contributed by atoms with van der Waals surface area (Å²) in [6.45, 7) is 3.81. The Morgan fingerprint density at radius 1 is 1.28 bits per heavy atom. The molecule has 1 unspecified atom stereocenters. The Kier molecular flexibility index (Phi) is 5.62. The highest BCUT2D eigenvalue weighted by atomic mass is 32.2. The molecule has 4 nitrogen and oxygen atoms in total. The maximum Gasteiger partial charge on any atom is 0.212 e. The standard InChI is InChI=1S/C13H21NO3S/c1-4-5-10-18(15,16)14-11(2)12-6-8-13(17-3)9-7-12/h6-9,11,14H,4-5,10H2,1-3H3. The van der Waals surface area contributed by atoms with E-state index in [1.165, 1.54) is 0 Å². The summed E-state index contributed by atoms with van der Waals surface area (Å²) in [5, 5.41) is 0. The lowest BCUT2D eigenvalue weighted by Gasteiger charge is -2.14. The molecule has 1 atom stereocenters. The minimum Gasteiger partial charge on any atom is -0.497 e. The molecule has 0 aromatic heterocycles. The third-order valence-corrected chi connectivity index (χ3v) is 4.28. The first-order valence-corrected chi connectivity index (χ1v) is 7.77. The van der Waals surface area contributed by atoms with Crippen LogP contribution in [0.2, 0.25) is 0 Å². The number of hydrogen-bond acceptors (Lipinski definition) is 3. The highest BCUT2D eigenvalue weighted by molar-refractivity contribution is 7.89. The molecule has 5 heteroatoms. The van der Waals surface area contributed by atoms with E-state index < -0.39 is 10.0 Å². The fourth-order valence-electron chi connectivity index (χ4n) is 1.62. The van der Waals surface area contributed by atoms with Gasteiger partial charge in [0.2, 0.25) is 10.0 Å². The molecule has 1 N–H and O–H groups in total. The lowest BCUT2D eigenvalue weighted by Crippen LogP contribution is -2.29. The topological polar surface area (TPSA) is 55.4 Å². The molecule has 0 radical (unpaired) electrons. The number of sulfonamides is 1. The van der Waals surface area contributed by atoms with E-state index in [9.17, 15) is 8.42 Å². The number of nitrogens with one attached hydrogen (secondary N) is 1. The zero-order valence-electron chi connectivity index (χ0n) is 11.1. The molecule has 0 aliphatic carbocycles. The van der Waals surface area contributed by atoms with E-state index in [0.717, 1.165) is 17.7 Å². The molecule has 0 amide bonds. The van der Waals surface area contributed by atoms with Crippen molar-refractivity contribution in [1.29, 1.82) is 0 Å². The Bertz CT molecular complexity index is 454. The smallest absolute Gasteiger partial charge is 0.212 e. The predicted octanol–water partition coefficient (Wildman–Crippen LogP) is 2.48. The first kappa shape index (κ1) is 15.0. The Labute approximate surface area is 109 Å². The van der Waals surface area contributed by atoms with Crippen LogP contribution in [0.5, 0.6) is 5.75 Å². The van der Waals surface area contributed by atoms with Crippen molar-refractivity contribution in [3.8, 4) is 5.75 Å². The van der Waals surface area contributed by atoms with Gasteiger partial charge in [-0.2, -0.15) is 0 Å². The van der Waals surface area contributed by atoms with Crippen LogP contribution in [0.4, 0.5) is 0 Å². The minimum absolute atomic E-state index is 0.185. The molecule has 1 aromatic carbocycles. The quantitative estimate of drug-likeness (QED) is 0.829. The molecule has 18 heavy (non-hydrogen) atoms. The molecule has 0 saturated carbocycles. The molecule has 102 valence electrons. The van der Waals surface area contributed by atoms with Gasteiger partial charge in [-0.1, -0.05) is 25.5 Å². The number of rotatable bonds is 7. The van der Waals surface area contributed by atoms with Gasteiger partial charge in [0, 0.05) is 6.04 Å². The summed E-state index contributed by atoms with van der Waals surface area (Å²) < 4.78 is 31.3. The summed E-state index contributed by atoms with van der Waals surface area (Å²) in [4.78, 5) is 0. The van der Waals surface area contributed by atoms with Crippen LogP contribution in [0.1, 0.15) is 38.3 Å². The number of unbranched alkanes of at least 4 members (excludes halogenated alkanes) is 1. The second kappa shape index (κ2) is 6.75. The third-order valence-electron chi connectivity index (χ3n) is 2.74. The molecular formula is C13H21NO3S. The fraction of sp³-hybridized carbons (Fsp3) is 0.538. The molecule has 0 spiro atoms. The van der Waals surface area contributed by atoms with E-state index >= 15 is 0 Å². The van der Waals surface area contributed by atoms with E-state index in [4.69, 9.17) is 4.74 Å². The van der Waals surface area contributed by atoms with Gasteiger partial charge in [0.05, 0.1) is 12.9 Å². The van der Waals surface area contributed by atoms with E-state index in [0.29, 0.717) is 6.42 Å². The van der Waals surface area contributed by atoms with Gasteiger partial charge >= 0.3 is 0 Å². The molecule has 1 aromatic rings. The summed E-state index contributed by atoms with van der Waals surface area (Å²) >= 11 is 0. The van der Waals surface area contributed by atoms with Gasteiger partial charge in [-0.05, 0) is 31.0 Å². The second-order valence-corrected chi connectivity index (χ2v) is 6.16. The molecule has 0 heterocycles. The number of hydrogen-bond donors (Lipinski definition) is 1. The summed E-state index contributed by atoms with van der Waals surface area (Å²) in [5.74, 6) is 0.948. The molecule has 0 fully saturated rings. The molecule has 0 aliphatic heterocycles. The first-order valence-electron chi connectivity index (χ1n) is 6.12. The second-order valence-electron chi connectivity index (χ2n) is 4.29. The Balaban J connectivity index is 2.66. The maximum absolute atomic E-state index is 11.8. The van der Waals surface area contributed by atoms with Crippen LogP contribution in [-0.4, -0.2) is 21.3 Å². The Morgan fingerprint density at radius 2 is 1.89 bits per heavy atom. The molecule has 0 aliphatic rings. The highest BCUT2D eigenvalue weighted by Gasteiger charge is 2.15. The van der Waals surface area contributed by atoms with Gasteiger partial charge in [0.1, 0.15) is 5.75 Å². The van der Waals surface area contributed by atoms with Gasteiger partial charge in [0.25, 0.3) is 0 Å². The molecular weight excluding hydrogens is 250 g/mol. The molecule has 0 bridgehead atoms. The summed E-state index contributed by atoms with van der Waals surface area (Å²) in [7, 11) is -1.58. The van der Waals surface area contributed by atoms with E-state index in [1.807, 2.05) is 38.1 Å². The zero-order valence-corrected chi connectivity index (χ0v) is 12.0. The van der Waals surface area contributed by atoms with Crippen molar-refractivity contribution in [1.82, 2.24) is 4.72 Å². The van der Waals surface area contributed by atoms with Crippen LogP contribution >= 0.6 is 0 Å². The van der Waals surface area contributed by atoms with Gasteiger partial charge in [-0.25, -0.2) is 13.1 Å². The summed E-state index contributed by atoms with van der Waals surface area (Å²) in [6.07, 6.45) is 1.56. The van der Waals surface area contributed by atoms with Crippen molar-refractivity contribution in [3.05, 3.63) is 29.8 Å². The largest absolute Gasteiger partial charge is 0.497 e. The van der Waals surface area contributed by atoms with Crippen molar-refractivity contribution >= 4 is 10.0 Å². The van der Waals surface area contributed by atoms with Gasteiger partial charge in [-0.3, -0.25) is 0 Å². The SMILES string of the molecule is CCCCS(=O)(=O)NC(C)c1ccc(OC)cc1. The average Bonchev–Trinajstić information content (AvgIpc) is 2.36. The monoisotopic (exact) mass is 271 g/mol. The zero-order chi connectivity index (χ0) is 13.6. The van der Waals surface area contributed by atoms with E-state index in [2.05, 4.69) is 4.72 Å². The van der Waals surface area contributed by atoms with Crippen molar-refractivity contribution in [3.63, 3.8) is 0 Å². The average molecular weight is 271 g/mol. The lowest BCUT2D eigenvalue weighted by atomic mass is 10.1. The summed E-state index contributed by atoms with van der Waals surface area (Å²) in [6, 6.07) is 7.16. The third kappa shape index (κ3) is 4.66. The maximum atomic E-state index is 11.8.